The molecule has 0 bridgehead atoms. The minimum Gasteiger partial charge on any atom is -0.368 e. The van der Waals surface area contributed by atoms with E-state index in [9.17, 15) is 14.4 Å². The lowest BCUT2D eigenvalue weighted by Crippen LogP contribution is -2.48. The van der Waals surface area contributed by atoms with Crippen LogP contribution in [0.5, 0.6) is 0 Å². The maximum absolute atomic E-state index is 13.4. The summed E-state index contributed by atoms with van der Waals surface area (Å²) < 4.78 is 1.35. The Morgan fingerprint density at radius 2 is 1.63 bits per heavy atom. The van der Waals surface area contributed by atoms with Gasteiger partial charge in [0.05, 0.1) is 16.6 Å². The van der Waals surface area contributed by atoms with Crippen LogP contribution in [0.15, 0.2) is 29.3 Å². The summed E-state index contributed by atoms with van der Waals surface area (Å²) in [5.74, 6) is -0.179. The van der Waals surface area contributed by atoms with Gasteiger partial charge in [0.15, 0.2) is 0 Å². The molecule has 0 spiro atoms. The summed E-state index contributed by atoms with van der Waals surface area (Å²) in [6.45, 7) is 5.60. The van der Waals surface area contributed by atoms with Crippen LogP contribution in [0.3, 0.4) is 0 Å². The molecule has 0 aliphatic carbocycles. The van der Waals surface area contributed by atoms with Crippen molar-refractivity contribution in [1.82, 2.24) is 19.4 Å². The number of aryl methyl sites for hydroxylation is 1. The molecule has 8 nitrogen and oxygen atoms in total. The molecule has 3 aromatic rings. The van der Waals surface area contributed by atoms with Crippen LogP contribution in [0, 0.1) is 6.92 Å². The molecule has 0 unspecified atom stereocenters. The number of carbonyl (C=O) groups excluding carboxylic acids is 2. The number of rotatable bonds is 4. The topological polar surface area (TPSA) is 78.8 Å². The molecule has 1 aromatic carbocycles. The van der Waals surface area contributed by atoms with Gasteiger partial charge in [-0.25, -0.2) is 4.98 Å². The van der Waals surface area contributed by atoms with Crippen molar-refractivity contribution in [3.63, 3.8) is 0 Å². The van der Waals surface area contributed by atoms with Crippen molar-refractivity contribution in [2.24, 2.45) is 0 Å². The van der Waals surface area contributed by atoms with E-state index in [1.54, 1.807) is 22.8 Å². The lowest BCUT2D eigenvalue weighted by molar-refractivity contribution is -0.130. The zero-order chi connectivity index (χ0) is 24.7. The second-order valence-corrected chi connectivity index (χ2v) is 10.8. The van der Waals surface area contributed by atoms with Gasteiger partial charge >= 0.3 is 0 Å². The number of hydrogen-bond acceptors (Lipinski definition) is 6. The highest BCUT2D eigenvalue weighted by Gasteiger charge is 2.27. The highest BCUT2D eigenvalue weighted by atomic mass is 35.5. The zero-order valence-corrected chi connectivity index (χ0v) is 21.6. The molecule has 184 valence electrons. The Bertz CT molecular complexity index is 1340. The van der Waals surface area contributed by atoms with Crippen LogP contribution in [-0.2, 0) is 11.3 Å². The predicted molar refractivity (Wildman–Crippen MR) is 139 cm³/mol. The van der Waals surface area contributed by atoms with Gasteiger partial charge in [0, 0.05) is 55.0 Å². The first-order valence-electron chi connectivity index (χ1n) is 11.6. The van der Waals surface area contributed by atoms with E-state index < -0.39 is 0 Å². The molecule has 5 rings (SSSR count). The number of aromatic nitrogens is 2. The molecule has 2 saturated heterocycles. The number of benzene rings is 1. The number of carbonyl (C=O) groups is 2. The van der Waals surface area contributed by atoms with Crippen molar-refractivity contribution in [1.29, 1.82) is 0 Å². The fourth-order valence-corrected chi connectivity index (χ4v) is 6.34. The summed E-state index contributed by atoms with van der Waals surface area (Å²) in [6.07, 6.45) is 3.40. The van der Waals surface area contributed by atoms with Crippen molar-refractivity contribution >= 4 is 62.3 Å². The van der Waals surface area contributed by atoms with Crippen molar-refractivity contribution in [3.8, 4) is 0 Å². The molecule has 0 N–H and O–H groups in total. The summed E-state index contributed by atoms with van der Waals surface area (Å²) in [5, 5.41) is 1.57. The number of halogens is 2. The standard InChI is InChI=1S/C24H25Cl2N5O3S/c1-15-20-22(27-14-31(23(20)33)13-19(32)29-4-2-3-5-29)35-21(15)24(34)30-8-6-28(7-9-30)18-11-16(25)10-17(26)12-18/h10-12,14H,2-9,13H2,1H3. The number of thiophene rings is 1. The lowest BCUT2D eigenvalue weighted by atomic mass is 10.2. The van der Waals surface area contributed by atoms with E-state index in [-0.39, 0.29) is 23.9 Å². The number of anilines is 1. The van der Waals surface area contributed by atoms with Gasteiger partial charge in [-0.1, -0.05) is 23.2 Å². The van der Waals surface area contributed by atoms with Gasteiger partial charge in [-0.05, 0) is 43.5 Å². The highest BCUT2D eigenvalue weighted by Crippen LogP contribution is 2.30. The summed E-state index contributed by atoms with van der Waals surface area (Å²) in [6, 6.07) is 5.43. The molecule has 35 heavy (non-hydrogen) atoms. The normalized spacial score (nSPS) is 16.4. The van der Waals surface area contributed by atoms with Gasteiger partial charge in [0.1, 0.15) is 11.4 Å². The number of fused-ring (bicyclic) bond motifs is 1. The average Bonchev–Trinajstić information content (AvgIpc) is 3.49. The first kappa shape index (κ1) is 24.1. The number of amides is 2. The summed E-state index contributed by atoms with van der Waals surface area (Å²) in [5.41, 5.74) is 1.28. The van der Waals surface area contributed by atoms with E-state index in [1.165, 1.54) is 22.2 Å². The van der Waals surface area contributed by atoms with Crippen LogP contribution < -0.4 is 10.5 Å². The van der Waals surface area contributed by atoms with Gasteiger partial charge in [-0.3, -0.25) is 19.0 Å². The number of piperazine rings is 1. The van der Waals surface area contributed by atoms with Crippen molar-refractivity contribution in [3.05, 3.63) is 55.4 Å². The first-order valence-corrected chi connectivity index (χ1v) is 13.2. The summed E-state index contributed by atoms with van der Waals surface area (Å²) in [7, 11) is 0. The van der Waals surface area contributed by atoms with Crippen molar-refractivity contribution in [2.75, 3.05) is 44.2 Å². The predicted octanol–water partition coefficient (Wildman–Crippen LogP) is 3.66. The second kappa shape index (κ2) is 9.79. The number of likely N-dealkylation sites (tertiary alicyclic amines) is 1. The Hall–Kier alpha value is -2.62. The molecule has 4 heterocycles. The Labute approximate surface area is 216 Å². The number of nitrogens with zero attached hydrogens (tertiary/aromatic N) is 5. The first-order chi connectivity index (χ1) is 16.8. The van der Waals surface area contributed by atoms with Crippen LogP contribution in [0.1, 0.15) is 28.1 Å². The summed E-state index contributed by atoms with van der Waals surface area (Å²) in [4.78, 5) is 50.3. The lowest BCUT2D eigenvalue weighted by Gasteiger charge is -2.36. The molecular formula is C24H25Cl2N5O3S. The van der Waals surface area contributed by atoms with E-state index >= 15 is 0 Å². The van der Waals surface area contributed by atoms with E-state index in [0.29, 0.717) is 56.9 Å². The van der Waals surface area contributed by atoms with E-state index in [4.69, 9.17) is 23.2 Å². The second-order valence-electron chi connectivity index (χ2n) is 8.91. The molecule has 2 amide bonds. The number of hydrogen-bond donors (Lipinski definition) is 0. The SMILES string of the molecule is Cc1c(C(=O)N2CCN(c3cc(Cl)cc(Cl)c3)CC2)sc2ncn(CC(=O)N3CCCC3)c(=O)c12. The molecule has 2 aliphatic heterocycles. The fraction of sp³-hybridized carbons (Fsp3) is 0.417. The molecule has 0 saturated carbocycles. The third-order valence-corrected chi connectivity index (χ3v) is 8.28. The third-order valence-electron chi connectivity index (χ3n) is 6.66. The van der Waals surface area contributed by atoms with E-state index in [1.807, 2.05) is 12.1 Å². The largest absolute Gasteiger partial charge is 0.368 e. The smallest absolute Gasteiger partial charge is 0.264 e. The molecule has 2 aromatic heterocycles. The molecule has 0 radical (unpaired) electrons. The maximum Gasteiger partial charge on any atom is 0.264 e. The van der Waals surface area contributed by atoms with Gasteiger partial charge in [0.2, 0.25) is 5.91 Å². The molecule has 0 atom stereocenters. The summed E-state index contributed by atoms with van der Waals surface area (Å²) >= 11 is 13.5. The van der Waals surface area contributed by atoms with Crippen LogP contribution in [0.2, 0.25) is 10.0 Å². The van der Waals surface area contributed by atoms with Crippen LogP contribution in [-0.4, -0.2) is 70.4 Å². The molecule has 11 heteroatoms. The Balaban J connectivity index is 1.33. The third kappa shape index (κ3) is 4.77. The Kier molecular flexibility index (Phi) is 6.74. The van der Waals surface area contributed by atoms with Gasteiger partial charge in [0.25, 0.3) is 11.5 Å². The van der Waals surface area contributed by atoms with Crippen LogP contribution in [0.4, 0.5) is 5.69 Å². The Morgan fingerprint density at radius 3 is 2.29 bits per heavy atom. The van der Waals surface area contributed by atoms with Gasteiger partial charge < -0.3 is 14.7 Å². The molecular weight excluding hydrogens is 509 g/mol. The highest BCUT2D eigenvalue weighted by molar-refractivity contribution is 7.20. The quantitative estimate of drug-likeness (QED) is 0.511. The monoisotopic (exact) mass is 533 g/mol. The Morgan fingerprint density at radius 1 is 0.971 bits per heavy atom. The maximum atomic E-state index is 13.4. The van der Waals surface area contributed by atoms with Crippen LogP contribution in [0.25, 0.3) is 10.2 Å². The van der Waals surface area contributed by atoms with Crippen molar-refractivity contribution < 1.29 is 9.59 Å². The van der Waals surface area contributed by atoms with Gasteiger partial charge in [-0.15, -0.1) is 11.3 Å². The average molecular weight is 534 g/mol. The fourth-order valence-electron chi connectivity index (χ4n) is 4.72. The van der Waals surface area contributed by atoms with E-state index in [0.717, 1.165) is 31.6 Å². The molecule has 2 aliphatic rings. The minimum atomic E-state index is -0.280. The van der Waals surface area contributed by atoms with E-state index in [2.05, 4.69) is 9.88 Å². The molecule has 2 fully saturated rings. The minimum absolute atomic E-state index is 0.0319. The van der Waals surface area contributed by atoms with Gasteiger partial charge in [-0.2, -0.15) is 0 Å². The zero-order valence-electron chi connectivity index (χ0n) is 19.3. The van der Waals surface area contributed by atoms with Crippen molar-refractivity contribution in [2.45, 2.75) is 26.3 Å². The van der Waals surface area contributed by atoms with Crippen LogP contribution >= 0.6 is 34.5 Å².